The van der Waals surface area contributed by atoms with E-state index in [0.717, 1.165) is 17.9 Å². The molecule has 0 spiro atoms. The highest BCUT2D eigenvalue weighted by Crippen LogP contribution is 2.17. The molecule has 12 heavy (non-hydrogen) atoms. The predicted molar refractivity (Wildman–Crippen MR) is 50.5 cm³/mol. The summed E-state index contributed by atoms with van der Waals surface area (Å²) in [6, 6.07) is 7.95. The number of benzene rings is 1. The quantitative estimate of drug-likeness (QED) is 0.257. The minimum absolute atomic E-state index is 1.03. The Morgan fingerprint density at radius 2 is 2.08 bits per heavy atom. The topological polar surface area (TPSA) is 30.5 Å². The molecular formula is C8H11NO2S. The zero-order chi connectivity index (χ0) is 8.81. The van der Waals surface area contributed by atoms with Crippen molar-refractivity contribution in [2.24, 2.45) is 0 Å². The second kappa shape index (κ2) is 5.03. The van der Waals surface area contributed by atoms with Crippen molar-refractivity contribution in [3.05, 3.63) is 29.8 Å². The van der Waals surface area contributed by atoms with E-state index in [9.17, 15) is 0 Å². The van der Waals surface area contributed by atoms with E-state index < -0.39 is 0 Å². The highest BCUT2D eigenvalue weighted by molar-refractivity contribution is 7.95. The number of anilines is 1. The molecule has 66 valence electrons. The first kappa shape index (κ1) is 9.38. The predicted octanol–water partition coefficient (Wildman–Crippen LogP) is 2.55. The Labute approximate surface area is 76.3 Å². The van der Waals surface area contributed by atoms with Gasteiger partial charge in [-0.25, -0.2) is 4.89 Å². The lowest BCUT2D eigenvalue weighted by Gasteiger charge is -2.05. The van der Waals surface area contributed by atoms with E-state index >= 15 is 0 Å². The van der Waals surface area contributed by atoms with Gasteiger partial charge in [0.2, 0.25) is 0 Å². The molecule has 0 atom stereocenters. The number of hydrogen-bond acceptors (Lipinski definition) is 4. The van der Waals surface area contributed by atoms with Gasteiger partial charge in [-0.3, -0.25) is 0 Å². The van der Waals surface area contributed by atoms with Gasteiger partial charge in [0, 0.05) is 5.69 Å². The van der Waals surface area contributed by atoms with E-state index in [1.165, 1.54) is 12.7 Å². The molecule has 0 aliphatic heterocycles. The van der Waals surface area contributed by atoms with Gasteiger partial charge in [-0.05, 0) is 18.6 Å². The lowest BCUT2D eigenvalue weighted by Crippen LogP contribution is -1.90. The van der Waals surface area contributed by atoms with E-state index in [1.807, 2.05) is 31.2 Å². The van der Waals surface area contributed by atoms with Crippen LogP contribution in [0.1, 0.15) is 5.56 Å². The molecule has 1 aromatic rings. The van der Waals surface area contributed by atoms with E-state index in [1.54, 1.807) is 0 Å². The first-order valence-corrected chi connectivity index (χ1v) is 4.26. The van der Waals surface area contributed by atoms with Gasteiger partial charge in [-0.2, -0.15) is 0 Å². The Balaban J connectivity index is 2.46. The molecule has 1 rings (SSSR count). The maximum atomic E-state index is 4.60. The summed E-state index contributed by atoms with van der Waals surface area (Å²) in [6.07, 6.45) is 0. The van der Waals surface area contributed by atoms with Crippen LogP contribution in [-0.4, -0.2) is 7.11 Å². The van der Waals surface area contributed by atoms with Crippen LogP contribution in [0, 0.1) is 6.92 Å². The average molecular weight is 185 g/mol. The molecule has 0 fully saturated rings. The first-order chi connectivity index (χ1) is 5.84. The normalized spacial score (nSPS) is 9.83. The maximum absolute atomic E-state index is 4.60. The van der Waals surface area contributed by atoms with Crippen molar-refractivity contribution >= 4 is 17.9 Å². The first-order valence-electron chi connectivity index (χ1n) is 3.52. The molecule has 4 heteroatoms. The van der Waals surface area contributed by atoms with Gasteiger partial charge in [0.05, 0.1) is 7.11 Å². The van der Waals surface area contributed by atoms with Crippen molar-refractivity contribution in [2.75, 3.05) is 11.8 Å². The highest BCUT2D eigenvalue weighted by atomic mass is 32.2. The SMILES string of the molecule is COOSNc1ccccc1C. The zero-order valence-corrected chi connectivity index (χ0v) is 7.85. The number of rotatable bonds is 4. The maximum Gasteiger partial charge on any atom is 0.148 e. The van der Waals surface area contributed by atoms with Crippen molar-refractivity contribution in [2.45, 2.75) is 6.92 Å². The second-order valence-electron chi connectivity index (χ2n) is 2.24. The molecule has 0 bridgehead atoms. The average Bonchev–Trinajstić information content (AvgIpc) is 2.09. The zero-order valence-electron chi connectivity index (χ0n) is 7.03. The summed E-state index contributed by atoms with van der Waals surface area (Å²) in [7, 11) is 1.46. The van der Waals surface area contributed by atoms with Crippen LogP contribution in [0.4, 0.5) is 5.69 Å². The molecule has 0 aromatic heterocycles. The number of nitrogens with one attached hydrogen (secondary N) is 1. The summed E-state index contributed by atoms with van der Waals surface area (Å²) < 4.78 is 7.58. The third kappa shape index (κ3) is 2.73. The summed E-state index contributed by atoms with van der Waals surface area (Å²) in [5, 5.41) is 0. The van der Waals surface area contributed by atoms with Crippen molar-refractivity contribution < 1.29 is 9.22 Å². The monoisotopic (exact) mass is 185 g/mol. The lowest BCUT2D eigenvalue weighted by molar-refractivity contribution is -0.159. The fraction of sp³-hybridized carbons (Fsp3) is 0.250. The summed E-state index contributed by atoms with van der Waals surface area (Å²) in [5.41, 5.74) is 2.20. The molecule has 0 heterocycles. The van der Waals surface area contributed by atoms with Crippen LogP contribution >= 0.6 is 12.2 Å². The summed E-state index contributed by atoms with van der Waals surface area (Å²) in [4.78, 5) is 4.40. The second-order valence-corrected chi connectivity index (χ2v) is 2.74. The van der Waals surface area contributed by atoms with Crippen LogP contribution in [0.2, 0.25) is 0 Å². The van der Waals surface area contributed by atoms with Crippen LogP contribution in [0.15, 0.2) is 24.3 Å². The molecule has 0 radical (unpaired) electrons. The van der Waals surface area contributed by atoms with E-state index in [2.05, 4.69) is 13.9 Å². The highest BCUT2D eigenvalue weighted by Gasteiger charge is 1.94. The van der Waals surface area contributed by atoms with Crippen molar-refractivity contribution in [3.8, 4) is 0 Å². The molecule has 1 N–H and O–H groups in total. The molecule has 0 unspecified atom stereocenters. The molecule has 0 aliphatic rings. The van der Waals surface area contributed by atoms with E-state index in [4.69, 9.17) is 0 Å². The molecule has 0 saturated heterocycles. The molecular weight excluding hydrogens is 174 g/mol. The minimum Gasteiger partial charge on any atom is -0.304 e. The van der Waals surface area contributed by atoms with Crippen LogP contribution in [-0.2, 0) is 9.22 Å². The third-order valence-electron chi connectivity index (χ3n) is 1.40. The Morgan fingerprint density at radius 1 is 1.33 bits per heavy atom. The lowest BCUT2D eigenvalue weighted by atomic mass is 10.2. The number of hydrogen-bond donors (Lipinski definition) is 1. The van der Waals surface area contributed by atoms with Crippen LogP contribution in [0.5, 0.6) is 0 Å². The molecule has 0 saturated carbocycles. The minimum atomic E-state index is 1.03. The Morgan fingerprint density at radius 3 is 2.75 bits per heavy atom. The molecule has 0 aliphatic carbocycles. The van der Waals surface area contributed by atoms with Gasteiger partial charge in [0.1, 0.15) is 12.2 Å². The standard InChI is InChI=1S/C8H11NO2S/c1-7-5-3-4-6-8(7)9-12-11-10-2/h3-6,9H,1-2H3. The van der Waals surface area contributed by atoms with Gasteiger partial charge in [-0.15, -0.1) is 4.33 Å². The molecule has 1 aromatic carbocycles. The number of para-hydroxylation sites is 1. The van der Waals surface area contributed by atoms with Gasteiger partial charge < -0.3 is 4.72 Å². The fourth-order valence-corrected chi connectivity index (χ4v) is 1.20. The summed E-state index contributed by atoms with van der Waals surface area (Å²) in [6.45, 7) is 2.02. The van der Waals surface area contributed by atoms with Crippen LogP contribution in [0.3, 0.4) is 0 Å². The van der Waals surface area contributed by atoms with Crippen molar-refractivity contribution in [1.29, 1.82) is 0 Å². The third-order valence-corrected chi connectivity index (χ3v) is 1.91. The van der Waals surface area contributed by atoms with E-state index in [-0.39, 0.29) is 0 Å². The fourth-order valence-electron chi connectivity index (χ4n) is 0.783. The molecule has 0 amide bonds. The van der Waals surface area contributed by atoms with Gasteiger partial charge in [-0.1, -0.05) is 18.2 Å². The summed E-state index contributed by atoms with van der Waals surface area (Å²) >= 11 is 1.05. The largest absolute Gasteiger partial charge is 0.304 e. The summed E-state index contributed by atoms with van der Waals surface area (Å²) in [5.74, 6) is 0. The Kier molecular flexibility index (Phi) is 3.93. The van der Waals surface area contributed by atoms with Crippen molar-refractivity contribution in [3.63, 3.8) is 0 Å². The van der Waals surface area contributed by atoms with Crippen LogP contribution in [0.25, 0.3) is 0 Å². The smallest absolute Gasteiger partial charge is 0.148 e. The molecule has 3 nitrogen and oxygen atoms in total. The van der Waals surface area contributed by atoms with Crippen LogP contribution < -0.4 is 4.72 Å². The van der Waals surface area contributed by atoms with Gasteiger partial charge in [0.25, 0.3) is 0 Å². The Bertz CT molecular complexity index is 242. The Hall–Kier alpha value is -0.710. The number of aryl methyl sites for hydroxylation is 1. The van der Waals surface area contributed by atoms with Crippen molar-refractivity contribution in [1.82, 2.24) is 0 Å². The van der Waals surface area contributed by atoms with Gasteiger partial charge in [0.15, 0.2) is 0 Å². The van der Waals surface area contributed by atoms with E-state index in [0.29, 0.717) is 0 Å². The van der Waals surface area contributed by atoms with Gasteiger partial charge >= 0.3 is 0 Å².